The molecule has 0 aliphatic rings. The Bertz CT molecular complexity index is 881. The van der Waals surface area contributed by atoms with E-state index in [-0.39, 0.29) is 0 Å². The van der Waals surface area contributed by atoms with Crippen molar-refractivity contribution in [3.05, 3.63) is 67.0 Å². The van der Waals surface area contributed by atoms with Gasteiger partial charge in [0, 0.05) is 11.6 Å². The van der Waals surface area contributed by atoms with Crippen LogP contribution in [0.3, 0.4) is 0 Å². The van der Waals surface area contributed by atoms with Crippen molar-refractivity contribution >= 4 is 21.8 Å². The van der Waals surface area contributed by atoms with Crippen molar-refractivity contribution in [3.63, 3.8) is 0 Å². The predicted molar refractivity (Wildman–Crippen MR) is 80.1 cm³/mol. The molecular weight excluding hydrogens is 248 g/mol. The zero-order valence-electron chi connectivity index (χ0n) is 10.7. The molecule has 2 aromatic carbocycles. The fraction of sp³-hybridized carbons (Fsp3) is 0. The highest BCUT2D eigenvalue weighted by Gasteiger charge is 2.09. The molecule has 0 aliphatic heterocycles. The number of aromatic nitrogens is 2. The highest BCUT2D eigenvalue weighted by molar-refractivity contribution is 6.10. The summed E-state index contributed by atoms with van der Waals surface area (Å²) in [7, 11) is 0. The minimum absolute atomic E-state index is 0.836. The minimum atomic E-state index is 0.836. The van der Waals surface area contributed by atoms with Gasteiger partial charge >= 0.3 is 0 Å². The van der Waals surface area contributed by atoms with Crippen LogP contribution in [0.5, 0.6) is 11.5 Å². The number of hydrogen-bond donors (Lipinski definition) is 1. The van der Waals surface area contributed by atoms with Gasteiger partial charge in [-0.15, -0.1) is 0 Å². The summed E-state index contributed by atoms with van der Waals surface area (Å²) in [6.07, 6.45) is 3.64. The van der Waals surface area contributed by atoms with Gasteiger partial charge in [-0.3, -0.25) is 4.98 Å². The van der Waals surface area contributed by atoms with E-state index >= 15 is 0 Å². The normalized spacial score (nSPS) is 11.0. The van der Waals surface area contributed by atoms with Crippen LogP contribution < -0.4 is 4.74 Å². The summed E-state index contributed by atoms with van der Waals surface area (Å²) in [5.74, 6) is 1.69. The molecule has 0 aliphatic carbocycles. The lowest BCUT2D eigenvalue weighted by atomic mass is 10.1. The quantitative estimate of drug-likeness (QED) is 0.576. The lowest BCUT2D eigenvalue weighted by molar-refractivity contribution is 0.488. The number of nitrogens with zero attached hydrogens (tertiary/aromatic N) is 1. The third kappa shape index (κ3) is 1.72. The third-order valence-electron chi connectivity index (χ3n) is 3.36. The molecule has 0 unspecified atom stereocenters. The number of nitrogens with one attached hydrogen (secondary N) is 1. The van der Waals surface area contributed by atoms with Gasteiger partial charge in [-0.1, -0.05) is 24.3 Å². The van der Waals surface area contributed by atoms with Crippen molar-refractivity contribution in [1.29, 1.82) is 0 Å². The summed E-state index contributed by atoms with van der Waals surface area (Å²) in [5, 5.41) is 2.22. The number of fused-ring (bicyclic) bond motifs is 3. The average molecular weight is 260 g/mol. The number of H-pyrrole nitrogens is 1. The largest absolute Gasteiger partial charge is 0.457 e. The van der Waals surface area contributed by atoms with E-state index in [1.807, 2.05) is 60.8 Å². The van der Waals surface area contributed by atoms with Gasteiger partial charge in [0.25, 0.3) is 0 Å². The summed E-state index contributed by atoms with van der Waals surface area (Å²) >= 11 is 0. The van der Waals surface area contributed by atoms with E-state index in [9.17, 15) is 0 Å². The van der Waals surface area contributed by atoms with Crippen LogP contribution in [-0.4, -0.2) is 9.97 Å². The number of pyridine rings is 1. The molecule has 2 aromatic heterocycles. The average Bonchev–Trinajstić information content (AvgIpc) is 2.88. The van der Waals surface area contributed by atoms with Gasteiger partial charge in [0.1, 0.15) is 11.5 Å². The molecule has 0 saturated heterocycles. The molecular formula is C17H12N2O. The maximum Gasteiger partial charge on any atom is 0.137 e. The maximum absolute atomic E-state index is 6.02. The molecule has 0 atom stereocenters. The summed E-state index contributed by atoms with van der Waals surface area (Å²) in [5.41, 5.74) is 2.08. The van der Waals surface area contributed by atoms with Crippen LogP contribution in [0.25, 0.3) is 21.8 Å². The smallest absolute Gasteiger partial charge is 0.137 e. The SMILES string of the molecule is c1ccc(Oc2cccc3[nH]c4cnccc4c23)cc1. The van der Waals surface area contributed by atoms with Crippen molar-refractivity contribution in [2.24, 2.45) is 0 Å². The number of para-hydroxylation sites is 1. The second kappa shape index (κ2) is 4.38. The minimum Gasteiger partial charge on any atom is -0.457 e. The number of rotatable bonds is 2. The van der Waals surface area contributed by atoms with Crippen molar-refractivity contribution in [2.45, 2.75) is 0 Å². The van der Waals surface area contributed by atoms with Crippen LogP contribution in [0.4, 0.5) is 0 Å². The highest BCUT2D eigenvalue weighted by atomic mass is 16.5. The summed E-state index contributed by atoms with van der Waals surface area (Å²) < 4.78 is 6.02. The molecule has 2 heterocycles. The van der Waals surface area contributed by atoms with Crippen molar-refractivity contribution in [3.8, 4) is 11.5 Å². The first-order chi connectivity index (χ1) is 9.92. The van der Waals surface area contributed by atoms with Gasteiger partial charge in [-0.25, -0.2) is 0 Å². The Morgan fingerprint density at radius 3 is 2.65 bits per heavy atom. The van der Waals surface area contributed by atoms with Gasteiger partial charge in [0.2, 0.25) is 0 Å². The van der Waals surface area contributed by atoms with Crippen molar-refractivity contribution < 1.29 is 4.74 Å². The number of aromatic amines is 1. The van der Waals surface area contributed by atoms with Gasteiger partial charge in [0.05, 0.1) is 22.6 Å². The molecule has 3 heteroatoms. The summed E-state index contributed by atoms with van der Waals surface area (Å²) in [6.45, 7) is 0. The lowest BCUT2D eigenvalue weighted by Gasteiger charge is -2.07. The molecule has 0 radical (unpaired) electrons. The maximum atomic E-state index is 6.02. The second-order valence-corrected chi connectivity index (χ2v) is 4.64. The van der Waals surface area contributed by atoms with E-state index in [4.69, 9.17) is 4.74 Å². The van der Waals surface area contributed by atoms with Crippen molar-refractivity contribution in [1.82, 2.24) is 9.97 Å². The van der Waals surface area contributed by atoms with E-state index in [1.165, 1.54) is 0 Å². The Balaban J connectivity index is 1.95. The van der Waals surface area contributed by atoms with Crippen LogP contribution >= 0.6 is 0 Å². The lowest BCUT2D eigenvalue weighted by Crippen LogP contribution is -1.84. The number of benzene rings is 2. The Hall–Kier alpha value is -2.81. The monoisotopic (exact) mass is 260 g/mol. The van der Waals surface area contributed by atoms with Crippen LogP contribution in [0.2, 0.25) is 0 Å². The van der Waals surface area contributed by atoms with Crippen LogP contribution in [-0.2, 0) is 0 Å². The molecule has 4 rings (SSSR count). The van der Waals surface area contributed by atoms with E-state index in [1.54, 1.807) is 6.20 Å². The first kappa shape index (κ1) is 11.1. The molecule has 0 fully saturated rings. The van der Waals surface area contributed by atoms with E-state index in [0.717, 1.165) is 33.3 Å². The van der Waals surface area contributed by atoms with E-state index in [0.29, 0.717) is 0 Å². The molecule has 4 aromatic rings. The molecule has 0 amide bonds. The zero-order chi connectivity index (χ0) is 13.4. The van der Waals surface area contributed by atoms with Crippen LogP contribution in [0, 0.1) is 0 Å². The van der Waals surface area contributed by atoms with Gasteiger partial charge in [0.15, 0.2) is 0 Å². The first-order valence-corrected chi connectivity index (χ1v) is 6.49. The predicted octanol–water partition coefficient (Wildman–Crippen LogP) is 4.51. The molecule has 0 bridgehead atoms. The molecule has 0 saturated carbocycles. The molecule has 0 spiro atoms. The second-order valence-electron chi connectivity index (χ2n) is 4.64. The van der Waals surface area contributed by atoms with Crippen LogP contribution in [0.15, 0.2) is 67.0 Å². The fourth-order valence-electron chi connectivity index (χ4n) is 2.47. The van der Waals surface area contributed by atoms with E-state index in [2.05, 4.69) is 9.97 Å². The van der Waals surface area contributed by atoms with Gasteiger partial charge in [-0.2, -0.15) is 0 Å². The van der Waals surface area contributed by atoms with Crippen LogP contribution in [0.1, 0.15) is 0 Å². The van der Waals surface area contributed by atoms with Gasteiger partial charge < -0.3 is 9.72 Å². The Kier molecular flexibility index (Phi) is 2.42. The van der Waals surface area contributed by atoms with Gasteiger partial charge in [-0.05, 0) is 30.3 Å². The zero-order valence-corrected chi connectivity index (χ0v) is 10.7. The molecule has 20 heavy (non-hydrogen) atoms. The topological polar surface area (TPSA) is 37.9 Å². The Labute approximate surface area is 115 Å². The molecule has 3 nitrogen and oxygen atoms in total. The number of hydrogen-bond acceptors (Lipinski definition) is 2. The molecule has 96 valence electrons. The van der Waals surface area contributed by atoms with E-state index < -0.39 is 0 Å². The Morgan fingerprint density at radius 1 is 0.850 bits per heavy atom. The molecule has 1 N–H and O–H groups in total. The third-order valence-corrected chi connectivity index (χ3v) is 3.36. The summed E-state index contributed by atoms with van der Waals surface area (Å²) in [4.78, 5) is 7.51. The standard InChI is InChI=1S/C17H12N2O/c1-2-5-12(6-3-1)20-16-8-4-7-14-17(16)13-9-10-18-11-15(13)19-14/h1-11,19H. The number of ether oxygens (including phenoxy) is 1. The summed E-state index contributed by atoms with van der Waals surface area (Å²) in [6, 6.07) is 17.9. The first-order valence-electron chi connectivity index (χ1n) is 6.49. The Morgan fingerprint density at radius 2 is 1.75 bits per heavy atom. The fourth-order valence-corrected chi connectivity index (χ4v) is 2.47. The van der Waals surface area contributed by atoms with Crippen molar-refractivity contribution in [2.75, 3.05) is 0 Å². The highest BCUT2D eigenvalue weighted by Crippen LogP contribution is 2.34.